The summed E-state index contributed by atoms with van der Waals surface area (Å²) in [6, 6.07) is 3.87. The van der Waals surface area contributed by atoms with Crippen LogP contribution in [0.25, 0.3) is 0 Å². The maximum Gasteiger partial charge on any atom is 0.573 e. The Balaban J connectivity index is 1.95. The number of alkyl halides is 3. The third-order valence-electron chi connectivity index (χ3n) is 4.24. The fraction of sp³-hybridized carbons (Fsp3) is 0.500. The number of amides is 4. The Morgan fingerprint density at radius 2 is 1.86 bits per heavy atom. The topological polar surface area (TPSA) is 87.7 Å². The van der Waals surface area contributed by atoms with Gasteiger partial charge in [0.25, 0.3) is 5.91 Å². The zero-order chi connectivity index (χ0) is 21.1. The smallest absolute Gasteiger partial charge is 0.406 e. The largest absolute Gasteiger partial charge is 0.573 e. The summed E-state index contributed by atoms with van der Waals surface area (Å²) in [5, 5.41) is 5.05. The van der Waals surface area contributed by atoms with Crippen molar-refractivity contribution in [3.63, 3.8) is 0 Å². The standard InChI is InChI=1S/C18H22F3N3O4/c1-11(2)8-9-17(3)15(26)24(16(27)23-17)10-14(25)22-12-4-6-13(7-5-12)28-18(19,20)21/h4-7,11H,8-10H2,1-3H3,(H,22,25)(H,23,27)/t17-/m1/s1. The molecule has 1 heterocycles. The minimum atomic E-state index is -4.81. The maximum atomic E-state index is 12.6. The Labute approximate surface area is 160 Å². The van der Waals surface area contributed by atoms with Gasteiger partial charge in [-0.05, 0) is 49.9 Å². The first-order valence-electron chi connectivity index (χ1n) is 8.69. The highest BCUT2D eigenvalue weighted by Crippen LogP contribution is 2.26. The summed E-state index contributed by atoms with van der Waals surface area (Å²) in [6.07, 6.45) is -3.63. The number of carbonyl (C=O) groups excluding carboxylic acids is 3. The lowest BCUT2D eigenvalue weighted by atomic mass is 9.92. The van der Waals surface area contributed by atoms with E-state index in [9.17, 15) is 27.6 Å². The van der Waals surface area contributed by atoms with Gasteiger partial charge in [-0.15, -0.1) is 13.2 Å². The molecule has 1 saturated heterocycles. The number of carbonyl (C=O) groups is 3. The van der Waals surface area contributed by atoms with Gasteiger partial charge in [0.1, 0.15) is 17.8 Å². The molecule has 0 spiro atoms. The van der Waals surface area contributed by atoms with Crippen molar-refractivity contribution in [3.05, 3.63) is 24.3 Å². The number of nitrogens with zero attached hydrogens (tertiary/aromatic N) is 1. The van der Waals surface area contributed by atoms with Gasteiger partial charge in [-0.1, -0.05) is 13.8 Å². The van der Waals surface area contributed by atoms with Crippen LogP contribution in [0.2, 0.25) is 0 Å². The number of urea groups is 1. The summed E-state index contributed by atoms with van der Waals surface area (Å²) in [7, 11) is 0. The third kappa shape index (κ3) is 5.61. The first-order chi connectivity index (χ1) is 12.9. The molecule has 154 valence electrons. The molecule has 0 unspecified atom stereocenters. The summed E-state index contributed by atoms with van der Waals surface area (Å²) in [4.78, 5) is 37.6. The van der Waals surface area contributed by atoms with Gasteiger partial charge < -0.3 is 15.4 Å². The van der Waals surface area contributed by atoms with Gasteiger partial charge in [-0.2, -0.15) is 0 Å². The molecule has 7 nitrogen and oxygen atoms in total. The average Bonchev–Trinajstić information content (AvgIpc) is 2.77. The van der Waals surface area contributed by atoms with Crippen LogP contribution in [0, 0.1) is 5.92 Å². The number of halogens is 3. The van der Waals surface area contributed by atoms with Crippen LogP contribution in [0.1, 0.15) is 33.6 Å². The molecular weight excluding hydrogens is 379 g/mol. The second-order valence-corrected chi connectivity index (χ2v) is 7.21. The van der Waals surface area contributed by atoms with Gasteiger partial charge in [0.2, 0.25) is 5.91 Å². The lowest BCUT2D eigenvalue weighted by molar-refractivity contribution is -0.274. The molecule has 0 saturated carbocycles. The Kier molecular flexibility index (Phi) is 6.20. The number of nitrogens with one attached hydrogen (secondary N) is 2. The Morgan fingerprint density at radius 1 is 1.25 bits per heavy atom. The summed E-state index contributed by atoms with van der Waals surface area (Å²) in [6.45, 7) is 5.12. The van der Waals surface area contributed by atoms with E-state index >= 15 is 0 Å². The highest BCUT2D eigenvalue weighted by atomic mass is 19.4. The van der Waals surface area contributed by atoms with E-state index in [1.807, 2.05) is 13.8 Å². The normalized spacial score (nSPS) is 19.8. The minimum absolute atomic E-state index is 0.203. The van der Waals surface area contributed by atoms with Crippen molar-refractivity contribution in [2.75, 3.05) is 11.9 Å². The second-order valence-electron chi connectivity index (χ2n) is 7.21. The number of hydrogen-bond acceptors (Lipinski definition) is 4. The predicted octanol–water partition coefficient (Wildman–Crippen LogP) is 3.27. The lowest BCUT2D eigenvalue weighted by Crippen LogP contribution is -2.44. The monoisotopic (exact) mass is 401 g/mol. The van der Waals surface area contributed by atoms with Crippen molar-refractivity contribution in [2.45, 2.75) is 45.5 Å². The van der Waals surface area contributed by atoms with Crippen LogP contribution in [0.15, 0.2) is 24.3 Å². The van der Waals surface area contributed by atoms with Gasteiger partial charge in [0.15, 0.2) is 0 Å². The van der Waals surface area contributed by atoms with Crippen LogP contribution in [-0.4, -0.2) is 41.2 Å². The van der Waals surface area contributed by atoms with Gasteiger partial charge in [0.05, 0.1) is 0 Å². The van der Waals surface area contributed by atoms with E-state index in [0.717, 1.165) is 23.5 Å². The van der Waals surface area contributed by atoms with E-state index in [0.29, 0.717) is 12.3 Å². The zero-order valence-electron chi connectivity index (χ0n) is 15.7. The van der Waals surface area contributed by atoms with Crippen LogP contribution in [0.5, 0.6) is 5.75 Å². The third-order valence-corrected chi connectivity index (χ3v) is 4.24. The molecule has 2 rings (SSSR count). The SMILES string of the molecule is CC(C)CC[C@@]1(C)NC(=O)N(CC(=O)Nc2ccc(OC(F)(F)F)cc2)C1=O. The van der Waals surface area contributed by atoms with Crippen molar-refractivity contribution in [3.8, 4) is 5.75 Å². The zero-order valence-corrected chi connectivity index (χ0v) is 15.7. The molecule has 1 aliphatic heterocycles. The van der Waals surface area contributed by atoms with Crippen LogP contribution >= 0.6 is 0 Å². The Hall–Kier alpha value is -2.78. The van der Waals surface area contributed by atoms with Crippen molar-refractivity contribution < 1.29 is 32.3 Å². The number of benzene rings is 1. The molecule has 10 heteroatoms. The van der Waals surface area contributed by atoms with Crippen molar-refractivity contribution >= 4 is 23.5 Å². The van der Waals surface area contributed by atoms with Crippen LogP contribution < -0.4 is 15.4 Å². The molecule has 1 fully saturated rings. The first-order valence-corrected chi connectivity index (χ1v) is 8.69. The van der Waals surface area contributed by atoms with Crippen LogP contribution in [-0.2, 0) is 9.59 Å². The molecule has 2 N–H and O–H groups in total. The summed E-state index contributed by atoms with van der Waals surface area (Å²) < 4.78 is 40.2. The second kappa shape index (κ2) is 8.07. The van der Waals surface area contributed by atoms with E-state index in [4.69, 9.17) is 0 Å². The molecule has 1 aromatic rings. The number of rotatable bonds is 7. The van der Waals surface area contributed by atoms with E-state index in [-0.39, 0.29) is 5.69 Å². The van der Waals surface area contributed by atoms with Crippen LogP contribution in [0.4, 0.5) is 23.7 Å². The molecule has 1 aliphatic rings. The Bertz CT molecular complexity index is 749. The first kappa shape index (κ1) is 21.5. The summed E-state index contributed by atoms with van der Waals surface area (Å²) in [5.74, 6) is -1.22. The lowest BCUT2D eigenvalue weighted by Gasteiger charge is -2.22. The van der Waals surface area contributed by atoms with Gasteiger partial charge in [0, 0.05) is 5.69 Å². The van der Waals surface area contributed by atoms with E-state index in [1.54, 1.807) is 6.92 Å². The molecular formula is C18H22F3N3O4. The van der Waals surface area contributed by atoms with E-state index < -0.39 is 42.0 Å². The molecule has 0 aromatic heterocycles. The molecule has 0 bridgehead atoms. The molecule has 0 aliphatic carbocycles. The molecule has 1 atom stereocenters. The summed E-state index contributed by atoms with van der Waals surface area (Å²) in [5.41, 5.74) is -0.854. The predicted molar refractivity (Wildman–Crippen MR) is 94.5 cm³/mol. The molecule has 28 heavy (non-hydrogen) atoms. The minimum Gasteiger partial charge on any atom is -0.406 e. The summed E-state index contributed by atoms with van der Waals surface area (Å²) >= 11 is 0. The molecule has 0 radical (unpaired) electrons. The molecule has 1 aromatic carbocycles. The van der Waals surface area contributed by atoms with Crippen molar-refractivity contribution in [1.29, 1.82) is 0 Å². The quantitative estimate of drug-likeness (QED) is 0.687. The number of ether oxygens (including phenoxy) is 1. The molecule has 4 amide bonds. The van der Waals surface area contributed by atoms with Crippen LogP contribution in [0.3, 0.4) is 0 Å². The number of hydrogen-bond donors (Lipinski definition) is 2. The number of imide groups is 1. The average molecular weight is 401 g/mol. The maximum absolute atomic E-state index is 12.6. The Morgan fingerprint density at radius 3 is 2.39 bits per heavy atom. The fourth-order valence-electron chi connectivity index (χ4n) is 2.72. The van der Waals surface area contributed by atoms with Crippen molar-refractivity contribution in [2.24, 2.45) is 5.92 Å². The van der Waals surface area contributed by atoms with E-state index in [2.05, 4.69) is 15.4 Å². The van der Waals surface area contributed by atoms with Gasteiger partial charge >= 0.3 is 12.4 Å². The highest BCUT2D eigenvalue weighted by Gasteiger charge is 2.47. The van der Waals surface area contributed by atoms with E-state index in [1.165, 1.54) is 12.1 Å². The number of anilines is 1. The van der Waals surface area contributed by atoms with Gasteiger partial charge in [-0.25, -0.2) is 4.79 Å². The van der Waals surface area contributed by atoms with Crippen molar-refractivity contribution in [1.82, 2.24) is 10.2 Å². The fourth-order valence-corrected chi connectivity index (χ4v) is 2.72. The van der Waals surface area contributed by atoms with Gasteiger partial charge in [-0.3, -0.25) is 14.5 Å². The highest BCUT2D eigenvalue weighted by molar-refractivity contribution is 6.09.